The Morgan fingerprint density at radius 1 is 0.469 bits per heavy atom. The lowest BCUT2D eigenvalue weighted by molar-refractivity contribution is -0.889. The van der Waals surface area contributed by atoms with Gasteiger partial charge in [0.05, 0.1) is 40.3 Å². The van der Waals surface area contributed by atoms with Crippen LogP contribution in [0.1, 0.15) is 251 Å². The summed E-state index contributed by atoms with van der Waals surface area (Å²) in [5.74, 6) is -1.73. The monoisotopic (exact) mass is 902 g/mol. The second-order valence-electron chi connectivity index (χ2n) is 19.5. The molecule has 0 radical (unpaired) electrons. The second kappa shape index (κ2) is 47.1. The quantitative estimate of drug-likeness (QED) is 0.0197. The van der Waals surface area contributed by atoms with Gasteiger partial charge in [0, 0.05) is 19.3 Å². The summed E-state index contributed by atoms with van der Waals surface area (Å²) in [6.07, 6.45) is 56.0. The lowest BCUT2D eigenvalue weighted by atomic mass is 10.1. The normalized spacial score (nSPS) is 13.1. The van der Waals surface area contributed by atoms with Crippen LogP contribution in [0.25, 0.3) is 0 Å². The molecule has 0 spiro atoms. The Bertz CT molecular complexity index is 1140. The molecule has 374 valence electrons. The molecule has 0 aromatic rings. The van der Waals surface area contributed by atoms with Crippen LogP contribution in [0.15, 0.2) is 36.5 Å². The molecule has 0 bridgehead atoms. The minimum Gasteiger partial charge on any atom is -0.544 e. The Morgan fingerprint density at radius 2 is 0.828 bits per heavy atom. The average molecular weight is 902 g/mol. The van der Waals surface area contributed by atoms with E-state index in [9.17, 15) is 19.5 Å². The Labute approximate surface area is 395 Å². The third-order valence-corrected chi connectivity index (χ3v) is 12.3. The molecule has 0 saturated carbocycles. The van der Waals surface area contributed by atoms with E-state index < -0.39 is 18.1 Å². The number of carboxylic acid groups (broad SMARTS) is 1. The summed E-state index contributed by atoms with van der Waals surface area (Å²) < 4.78 is 17.3. The largest absolute Gasteiger partial charge is 0.544 e. The van der Waals surface area contributed by atoms with Gasteiger partial charge in [0.15, 0.2) is 6.10 Å². The predicted octanol–water partition coefficient (Wildman–Crippen LogP) is 14.4. The Morgan fingerprint density at radius 3 is 1.25 bits per heavy atom. The number of ether oxygens (including phenoxy) is 3. The maximum absolute atomic E-state index is 12.8. The van der Waals surface area contributed by atoms with E-state index in [-0.39, 0.29) is 42.7 Å². The van der Waals surface area contributed by atoms with E-state index >= 15 is 0 Å². The number of unbranched alkanes of at least 4 members (excludes halogenated alkanes) is 30. The van der Waals surface area contributed by atoms with Crippen molar-refractivity contribution in [3.05, 3.63) is 36.5 Å². The van der Waals surface area contributed by atoms with Crippen LogP contribution in [0, 0.1) is 0 Å². The van der Waals surface area contributed by atoms with E-state index in [0.717, 1.165) is 38.5 Å². The van der Waals surface area contributed by atoms with Gasteiger partial charge >= 0.3 is 11.9 Å². The zero-order valence-corrected chi connectivity index (χ0v) is 42.7. The van der Waals surface area contributed by atoms with Crippen molar-refractivity contribution in [1.29, 1.82) is 0 Å². The summed E-state index contributed by atoms with van der Waals surface area (Å²) in [5, 5.41) is 11.7. The lowest BCUT2D eigenvalue weighted by Crippen LogP contribution is -2.55. The molecule has 8 nitrogen and oxygen atoms in total. The first-order valence-corrected chi connectivity index (χ1v) is 27.0. The molecule has 0 amide bonds. The molecule has 0 aliphatic carbocycles. The Kier molecular flexibility index (Phi) is 45.3. The number of carbonyl (C=O) groups is 3. The molecule has 0 heterocycles. The molecular formula is C56H103NO7. The summed E-state index contributed by atoms with van der Waals surface area (Å²) in [6, 6.07) is -0.727. The molecule has 0 aliphatic heterocycles. The standard InChI is InChI=1S/C56H103NO7/c1-6-8-10-12-14-16-18-20-22-24-26-27-29-30-32-34-36-38-40-42-44-46-54(58)63-51-52(50-62-49-48-53(56(60)61)57(3,4)5)64-55(59)47-45-43-41-39-37-35-33-31-28-25-23-21-19-17-15-13-11-9-7-2/h15,17,19,21,27,29,52-53H,6-14,16,18,20,22-26,28,30-51H2,1-5H3/b17-15+,21-19+,29-27+. The van der Waals surface area contributed by atoms with Crippen molar-refractivity contribution in [3.8, 4) is 0 Å². The fourth-order valence-electron chi connectivity index (χ4n) is 8.06. The van der Waals surface area contributed by atoms with Crippen molar-refractivity contribution < 1.29 is 38.2 Å². The SMILES string of the molecule is CCCCC/C=C/C=C/CCCCCCCCCCCCC(=O)OC(COCCC(C(=O)[O-])[N+](C)(C)C)COC(=O)CCCCCCCCC/C=C/CCCCCCCCCCCC. The molecule has 0 aliphatic rings. The van der Waals surface area contributed by atoms with Crippen LogP contribution in [0.2, 0.25) is 0 Å². The third-order valence-electron chi connectivity index (χ3n) is 12.3. The average Bonchev–Trinajstić information content (AvgIpc) is 3.26. The van der Waals surface area contributed by atoms with Crippen molar-refractivity contribution >= 4 is 17.9 Å². The molecule has 64 heavy (non-hydrogen) atoms. The number of nitrogens with zero attached hydrogens (tertiary/aromatic N) is 1. The van der Waals surface area contributed by atoms with Crippen LogP contribution in [0.5, 0.6) is 0 Å². The van der Waals surface area contributed by atoms with Gasteiger partial charge in [-0.2, -0.15) is 0 Å². The number of carboxylic acids is 1. The molecular weight excluding hydrogens is 799 g/mol. The molecule has 2 unspecified atom stereocenters. The number of esters is 2. The number of likely N-dealkylation sites (N-methyl/N-ethyl adjacent to an activating group) is 1. The molecule has 0 rings (SSSR count). The van der Waals surface area contributed by atoms with Gasteiger partial charge in [-0.3, -0.25) is 9.59 Å². The smallest absolute Gasteiger partial charge is 0.306 e. The predicted molar refractivity (Wildman–Crippen MR) is 268 cm³/mol. The van der Waals surface area contributed by atoms with E-state index in [2.05, 4.69) is 50.3 Å². The topological polar surface area (TPSA) is 102 Å². The van der Waals surface area contributed by atoms with Crippen molar-refractivity contribution in [1.82, 2.24) is 0 Å². The highest BCUT2D eigenvalue weighted by Gasteiger charge is 2.25. The van der Waals surface area contributed by atoms with Crippen LogP contribution in [0.4, 0.5) is 0 Å². The van der Waals surface area contributed by atoms with E-state index in [1.165, 1.54) is 180 Å². The van der Waals surface area contributed by atoms with Gasteiger partial charge in [-0.25, -0.2) is 0 Å². The third kappa shape index (κ3) is 44.7. The van der Waals surface area contributed by atoms with Crippen molar-refractivity contribution in [2.45, 2.75) is 264 Å². The highest BCUT2D eigenvalue weighted by atomic mass is 16.6. The lowest BCUT2D eigenvalue weighted by Gasteiger charge is -2.34. The minimum atomic E-state index is -1.12. The van der Waals surface area contributed by atoms with Crippen LogP contribution < -0.4 is 5.11 Å². The second-order valence-corrected chi connectivity index (χ2v) is 19.5. The van der Waals surface area contributed by atoms with E-state index in [4.69, 9.17) is 14.2 Å². The van der Waals surface area contributed by atoms with Crippen LogP contribution in [-0.2, 0) is 28.6 Å². The highest BCUT2D eigenvalue weighted by Crippen LogP contribution is 2.16. The van der Waals surface area contributed by atoms with Crippen LogP contribution in [-0.4, -0.2) is 75.5 Å². The Balaban J connectivity index is 4.21. The first-order chi connectivity index (χ1) is 31.1. The van der Waals surface area contributed by atoms with Gasteiger partial charge in [0.1, 0.15) is 12.6 Å². The number of carbonyl (C=O) groups excluding carboxylic acids is 3. The molecule has 0 aromatic carbocycles. The number of hydrogen-bond donors (Lipinski definition) is 0. The van der Waals surface area contributed by atoms with Crippen molar-refractivity contribution in [3.63, 3.8) is 0 Å². The van der Waals surface area contributed by atoms with Gasteiger partial charge in [0.25, 0.3) is 0 Å². The molecule has 2 atom stereocenters. The van der Waals surface area contributed by atoms with Gasteiger partial charge < -0.3 is 28.6 Å². The molecule has 0 saturated heterocycles. The summed E-state index contributed by atoms with van der Waals surface area (Å²) in [5.41, 5.74) is 0. The first-order valence-electron chi connectivity index (χ1n) is 27.0. The van der Waals surface area contributed by atoms with Crippen LogP contribution in [0.3, 0.4) is 0 Å². The maximum atomic E-state index is 12.8. The van der Waals surface area contributed by atoms with E-state index in [0.29, 0.717) is 12.8 Å². The van der Waals surface area contributed by atoms with Crippen molar-refractivity contribution in [2.75, 3.05) is 41.0 Å². The molecule has 0 aromatic heterocycles. The van der Waals surface area contributed by atoms with E-state index in [1.54, 1.807) is 0 Å². The molecule has 8 heteroatoms. The minimum absolute atomic E-state index is 0.0400. The first kappa shape index (κ1) is 61.5. The van der Waals surface area contributed by atoms with Crippen LogP contribution >= 0.6 is 0 Å². The van der Waals surface area contributed by atoms with Gasteiger partial charge in [0.2, 0.25) is 0 Å². The highest BCUT2D eigenvalue weighted by molar-refractivity contribution is 5.70. The number of quaternary nitrogens is 1. The summed E-state index contributed by atoms with van der Waals surface area (Å²) >= 11 is 0. The summed E-state index contributed by atoms with van der Waals surface area (Å²) in [7, 11) is 5.42. The van der Waals surface area contributed by atoms with Crippen molar-refractivity contribution in [2.24, 2.45) is 0 Å². The van der Waals surface area contributed by atoms with Gasteiger partial charge in [-0.05, 0) is 64.2 Å². The zero-order valence-electron chi connectivity index (χ0n) is 42.7. The zero-order chi connectivity index (χ0) is 47.0. The summed E-state index contributed by atoms with van der Waals surface area (Å²) in [6.45, 7) is 4.66. The van der Waals surface area contributed by atoms with E-state index in [1.807, 2.05) is 21.1 Å². The molecule has 0 fully saturated rings. The fourth-order valence-corrected chi connectivity index (χ4v) is 8.06. The Hall–Kier alpha value is -2.45. The maximum Gasteiger partial charge on any atom is 0.306 e. The number of hydrogen-bond acceptors (Lipinski definition) is 7. The fraction of sp³-hybridized carbons (Fsp3) is 0.839. The number of rotatable bonds is 49. The number of aliphatic carboxylic acids is 1. The summed E-state index contributed by atoms with van der Waals surface area (Å²) in [4.78, 5) is 37.1. The van der Waals surface area contributed by atoms with Gasteiger partial charge in [-0.15, -0.1) is 0 Å². The number of allylic oxidation sites excluding steroid dienone is 6. The molecule has 0 N–H and O–H groups in total. The van der Waals surface area contributed by atoms with Gasteiger partial charge in [-0.1, -0.05) is 204 Å².